The Hall–Kier alpha value is -1.30. The normalized spacial score (nSPS) is 15.3. The fourth-order valence-electron chi connectivity index (χ4n) is 2.32. The van der Waals surface area contributed by atoms with Crippen LogP contribution in [0.15, 0.2) is 35.8 Å². The Bertz CT molecular complexity index is 578. The van der Waals surface area contributed by atoms with Crippen molar-refractivity contribution in [3.8, 4) is 0 Å². The summed E-state index contributed by atoms with van der Waals surface area (Å²) in [5.41, 5.74) is 6.70. The number of carbonyl (C=O) groups excluding carboxylic acids is 1. The standard InChI is InChI=1S/C15H19N3OS.ClH/c16-13(11-5-6-11)9-17-15(19)14-4-1-7-18(14)10-12-3-2-8-20-12;/h1-4,7-8,11,13H,5-6,9-10,16H2,(H,17,19);1H. The third-order valence-electron chi connectivity index (χ3n) is 3.69. The second-order valence-corrected chi connectivity index (χ2v) is 6.34. The monoisotopic (exact) mass is 325 g/mol. The minimum Gasteiger partial charge on any atom is -0.349 e. The molecule has 0 spiro atoms. The molecule has 3 rings (SSSR count). The van der Waals surface area contributed by atoms with E-state index >= 15 is 0 Å². The van der Waals surface area contributed by atoms with Gasteiger partial charge in [-0.25, -0.2) is 0 Å². The molecule has 0 bridgehead atoms. The number of aromatic nitrogens is 1. The van der Waals surface area contributed by atoms with Crippen molar-refractivity contribution < 1.29 is 4.79 Å². The van der Waals surface area contributed by atoms with E-state index in [1.807, 2.05) is 34.3 Å². The fourth-order valence-corrected chi connectivity index (χ4v) is 3.02. The minimum absolute atomic E-state index is 0. The highest BCUT2D eigenvalue weighted by Gasteiger charge is 2.28. The van der Waals surface area contributed by atoms with E-state index in [-0.39, 0.29) is 24.4 Å². The molecule has 0 saturated heterocycles. The molecule has 1 saturated carbocycles. The lowest BCUT2D eigenvalue weighted by Crippen LogP contribution is -2.39. The lowest BCUT2D eigenvalue weighted by Gasteiger charge is -2.13. The Morgan fingerprint density at radius 3 is 2.90 bits per heavy atom. The lowest BCUT2D eigenvalue weighted by atomic mass is 10.2. The molecule has 0 aliphatic heterocycles. The molecule has 1 atom stereocenters. The maximum absolute atomic E-state index is 12.2. The van der Waals surface area contributed by atoms with Crippen molar-refractivity contribution in [3.05, 3.63) is 46.4 Å². The molecule has 2 aromatic rings. The average molecular weight is 326 g/mol. The van der Waals surface area contributed by atoms with Gasteiger partial charge in [-0.1, -0.05) is 6.07 Å². The molecule has 1 amide bonds. The molecule has 2 heterocycles. The van der Waals surface area contributed by atoms with Crippen molar-refractivity contribution in [2.24, 2.45) is 11.7 Å². The highest BCUT2D eigenvalue weighted by atomic mass is 35.5. The Morgan fingerprint density at radius 2 is 2.24 bits per heavy atom. The zero-order valence-electron chi connectivity index (χ0n) is 11.7. The first-order chi connectivity index (χ1) is 9.74. The van der Waals surface area contributed by atoms with Crippen LogP contribution >= 0.6 is 23.7 Å². The number of nitrogens with two attached hydrogens (primary N) is 1. The van der Waals surface area contributed by atoms with Crippen LogP contribution in [-0.2, 0) is 6.54 Å². The zero-order chi connectivity index (χ0) is 13.9. The first kappa shape index (κ1) is 16.1. The molecule has 0 aromatic carbocycles. The smallest absolute Gasteiger partial charge is 0.267 e. The summed E-state index contributed by atoms with van der Waals surface area (Å²) in [7, 11) is 0. The van der Waals surface area contributed by atoms with Gasteiger partial charge in [0.25, 0.3) is 5.91 Å². The Kier molecular flexibility index (Phi) is 5.45. The SMILES string of the molecule is Cl.NC(CNC(=O)c1cccn1Cc1cccs1)C1CC1. The molecule has 4 nitrogen and oxygen atoms in total. The predicted octanol–water partition coefficient (Wildman–Crippen LogP) is 2.49. The average Bonchev–Trinajstić information content (AvgIpc) is 2.98. The van der Waals surface area contributed by atoms with Crippen LogP contribution in [0.3, 0.4) is 0 Å². The first-order valence-corrected chi connectivity index (χ1v) is 7.83. The van der Waals surface area contributed by atoms with E-state index in [2.05, 4.69) is 11.4 Å². The molecule has 6 heteroatoms. The second-order valence-electron chi connectivity index (χ2n) is 5.31. The van der Waals surface area contributed by atoms with Gasteiger partial charge in [-0.05, 0) is 42.3 Å². The molecular weight excluding hydrogens is 306 g/mol. The van der Waals surface area contributed by atoms with Gasteiger partial charge in [-0.3, -0.25) is 4.79 Å². The number of nitrogens with one attached hydrogen (secondary N) is 1. The highest BCUT2D eigenvalue weighted by molar-refractivity contribution is 7.09. The van der Waals surface area contributed by atoms with Gasteiger partial charge in [0, 0.05) is 23.7 Å². The van der Waals surface area contributed by atoms with Crippen molar-refractivity contribution >= 4 is 29.7 Å². The lowest BCUT2D eigenvalue weighted by molar-refractivity contribution is 0.0941. The topological polar surface area (TPSA) is 60.0 Å². The number of thiophene rings is 1. The molecule has 3 N–H and O–H groups in total. The van der Waals surface area contributed by atoms with E-state index in [1.54, 1.807) is 11.3 Å². The molecule has 1 aliphatic carbocycles. The number of hydrogen-bond acceptors (Lipinski definition) is 3. The first-order valence-electron chi connectivity index (χ1n) is 6.95. The largest absolute Gasteiger partial charge is 0.349 e. The van der Waals surface area contributed by atoms with E-state index in [4.69, 9.17) is 5.73 Å². The number of halogens is 1. The Morgan fingerprint density at radius 1 is 1.43 bits per heavy atom. The van der Waals surface area contributed by atoms with Crippen LogP contribution in [0, 0.1) is 5.92 Å². The van der Waals surface area contributed by atoms with E-state index in [0.717, 1.165) is 6.54 Å². The van der Waals surface area contributed by atoms with Crippen LogP contribution in [0.5, 0.6) is 0 Å². The van der Waals surface area contributed by atoms with Crippen LogP contribution < -0.4 is 11.1 Å². The van der Waals surface area contributed by atoms with E-state index in [0.29, 0.717) is 18.2 Å². The third kappa shape index (κ3) is 4.09. The third-order valence-corrected chi connectivity index (χ3v) is 4.56. The Labute approximate surface area is 134 Å². The number of hydrogen-bond donors (Lipinski definition) is 2. The van der Waals surface area contributed by atoms with Crippen molar-refractivity contribution in [3.63, 3.8) is 0 Å². The van der Waals surface area contributed by atoms with Crippen LogP contribution in [0.25, 0.3) is 0 Å². The number of carbonyl (C=O) groups is 1. The zero-order valence-corrected chi connectivity index (χ0v) is 13.3. The second kappa shape index (κ2) is 7.11. The van der Waals surface area contributed by atoms with Crippen molar-refractivity contribution in [2.45, 2.75) is 25.4 Å². The van der Waals surface area contributed by atoms with E-state index in [9.17, 15) is 4.79 Å². The predicted molar refractivity (Wildman–Crippen MR) is 88.1 cm³/mol. The molecule has 2 aromatic heterocycles. The molecule has 1 fully saturated rings. The van der Waals surface area contributed by atoms with Crippen molar-refractivity contribution in [1.82, 2.24) is 9.88 Å². The van der Waals surface area contributed by atoms with Crippen LogP contribution in [0.2, 0.25) is 0 Å². The summed E-state index contributed by atoms with van der Waals surface area (Å²) >= 11 is 1.70. The molecule has 21 heavy (non-hydrogen) atoms. The van der Waals surface area contributed by atoms with Gasteiger partial charge in [-0.15, -0.1) is 23.7 Å². The maximum Gasteiger partial charge on any atom is 0.267 e. The summed E-state index contributed by atoms with van der Waals surface area (Å²) in [6.07, 6.45) is 4.34. The molecule has 1 aliphatic rings. The van der Waals surface area contributed by atoms with E-state index < -0.39 is 0 Å². The highest BCUT2D eigenvalue weighted by Crippen LogP contribution is 2.31. The van der Waals surface area contributed by atoms with Crippen molar-refractivity contribution in [1.29, 1.82) is 0 Å². The molecule has 114 valence electrons. The molecule has 1 unspecified atom stereocenters. The summed E-state index contributed by atoms with van der Waals surface area (Å²) in [5.74, 6) is 0.566. The Balaban J connectivity index is 0.00000161. The summed E-state index contributed by atoms with van der Waals surface area (Å²) in [6, 6.07) is 7.96. The maximum atomic E-state index is 12.2. The van der Waals surface area contributed by atoms with Gasteiger partial charge in [0.05, 0.1) is 6.54 Å². The van der Waals surface area contributed by atoms with E-state index in [1.165, 1.54) is 17.7 Å². The van der Waals surface area contributed by atoms with Crippen LogP contribution in [-0.4, -0.2) is 23.1 Å². The van der Waals surface area contributed by atoms with Gasteiger partial charge in [0.15, 0.2) is 0 Å². The van der Waals surface area contributed by atoms with Gasteiger partial charge < -0.3 is 15.6 Å². The fraction of sp³-hybridized carbons (Fsp3) is 0.400. The summed E-state index contributed by atoms with van der Waals surface area (Å²) in [4.78, 5) is 13.5. The molecule has 0 radical (unpaired) electrons. The number of rotatable bonds is 6. The van der Waals surface area contributed by atoms with Crippen LogP contribution in [0.1, 0.15) is 28.2 Å². The van der Waals surface area contributed by atoms with Crippen molar-refractivity contribution in [2.75, 3.05) is 6.54 Å². The summed E-state index contributed by atoms with van der Waals surface area (Å²) < 4.78 is 1.98. The number of amides is 1. The van der Waals surface area contributed by atoms with Gasteiger partial charge in [0.2, 0.25) is 0 Å². The molecular formula is C15H20ClN3OS. The van der Waals surface area contributed by atoms with Gasteiger partial charge in [0.1, 0.15) is 5.69 Å². The quantitative estimate of drug-likeness (QED) is 0.857. The van der Waals surface area contributed by atoms with Gasteiger partial charge >= 0.3 is 0 Å². The summed E-state index contributed by atoms with van der Waals surface area (Å²) in [5, 5.41) is 4.99. The van der Waals surface area contributed by atoms with Crippen LogP contribution in [0.4, 0.5) is 0 Å². The minimum atomic E-state index is -0.0392. The van der Waals surface area contributed by atoms with Gasteiger partial charge in [-0.2, -0.15) is 0 Å². The number of nitrogens with zero attached hydrogens (tertiary/aromatic N) is 1. The summed E-state index contributed by atoms with van der Waals surface area (Å²) in [6.45, 7) is 1.30.